The Kier molecular flexibility index (Phi) is 4.86. The second kappa shape index (κ2) is 6.43. The zero-order valence-electron chi connectivity index (χ0n) is 12.1. The third kappa shape index (κ3) is 4.37. The minimum atomic E-state index is -0.859. The largest absolute Gasteiger partial charge is 0.481 e. The van der Waals surface area contributed by atoms with Gasteiger partial charge in [-0.2, -0.15) is 0 Å². The van der Waals surface area contributed by atoms with E-state index in [2.05, 4.69) is 5.32 Å². The van der Waals surface area contributed by atoms with Gasteiger partial charge < -0.3 is 20.1 Å². The number of ether oxygens (including phenoxy) is 1. The van der Waals surface area contributed by atoms with Crippen LogP contribution in [-0.4, -0.2) is 54.9 Å². The molecule has 0 spiro atoms. The summed E-state index contributed by atoms with van der Waals surface area (Å²) >= 11 is 0. The van der Waals surface area contributed by atoms with Gasteiger partial charge in [0.05, 0.1) is 6.42 Å². The third-order valence-electron chi connectivity index (χ3n) is 4.22. The topological polar surface area (TPSA) is 78.9 Å². The predicted octanol–water partition coefficient (Wildman–Crippen LogP) is 1.45. The molecule has 0 aliphatic heterocycles. The van der Waals surface area contributed by atoms with Crippen molar-refractivity contribution < 1.29 is 19.4 Å². The number of carbonyl (C=O) groups is 2. The first-order chi connectivity index (χ1) is 9.56. The highest BCUT2D eigenvalue weighted by atomic mass is 16.5. The Morgan fingerprint density at radius 1 is 1.40 bits per heavy atom. The maximum Gasteiger partial charge on any atom is 0.317 e. The summed E-state index contributed by atoms with van der Waals surface area (Å²) in [6, 6.07) is 0.126. The lowest BCUT2D eigenvalue weighted by Gasteiger charge is -2.24. The van der Waals surface area contributed by atoms with Gasteiger partial charge in [-0.15, -0.1) is 0 Å². The smallest absolute Gasteiger partial charge is 0.317 e. The van der Waals surface area contributed by atoms with E-state index < -0.39 is 5.97 Å². The van der Waals surface area contributed by atoms with E-state index in [0.29, 0.717) is 13.1 Å². The van der Waals surface area contributed by atoms with E-state index >= 15 is 0 Å². The summed E-state index contributed by atoms with van der Waals surface area (Å²) in [5.41, 5.74) is 0.216. The van der Waals surface area contributed by atoms with Crippen molar-refractivity contribution in [3.63, 3.8) is 0 Å². The number of amides is 2. The molecule has 0 aromatic heterocycles. The third-order valence-corrected chi connectivity index (χ3v) is 4.22. The summed E-state index contributed by atoms with van der Waals surface area (Å²) in [4.78, 5) is 24.5. The number of hydrogen-bond donors (Lipinski definition) is 2. The van der Waals surface area contributed by atoms with Gasteiger partial charge in [0.1, 0.15) is 0 Å². The molecule has 2 amide bonds. The number of carbonyl (C=O) groups excluding carboxylic acids is 1. The fourth-order valence-electron chi connectivity index (χ4n) is 2.43. The lowest BCUT2D eigenvalue weighted by atomic mass is 10.0. The monoisotopic (exact) mass is 284 g/mol. The van der Waals surface area contributed by atoms with Crippen molar-refractivity contribution in [1.29, 1.82) is 0 Å². The van der Waals surface area contributed by atoms with Gasteiger partial charge in [-0.05, 0) is 37.5 Å². The maximum absolute atomic E-state index is 12.2. The zero-order chi connectivity index (χ0) is 14.6. The molecule has 0 radical (unpaired) electrons. The molecule has 0 saturated heterocycles. The molecule has 0 aromatic carbocycles. The van der Waals surface area contributed by atoms with Gasteiger partial charge >= 0.3 is 12.0 Å². The van der Waals surface area contributed by atoms with Crippen LogP contribution in [0.5, 0.6) is 0 Å². The molecule has 0 unspecified atom stereocenters. The Hall–Kier alpha value is -1.30. The Balaban J connectivity index is 1.75. The van der Waals surface area contributed by atoms with Crippen LogP contribution in [0, 0.1) is 5.41 Å². The van der Waals surface area contributed by atoms with Crippen molar-refractivity contribution in [2.24, 2.45) is 5.41 Å². The number of carboxylic acids is 1. The molecule has 2 N–H and O–H groups in total. The normalized spacial score (nSPS) is 19.4. The number of hydrogen-bond acceptors (Lipinski definition) is 3. The second-order valence-corrected chi connectivity index (χ2v) is 5.97. The van der Waals surface area contributed by atoms with Crippen LogP contribution in [0.2, 0.25) is 0 Å². The highest BCUT2D eigenvalue weighted by Crippen LogP contribution is 2.48. The van der Waals surface area contributed by atoms with Gasteiger partial charge in [0.2, 0.25) is 0 Å². The molecule has 114 valence electrons. The summed E-state index contributed by atoms with van der Waals surface area (Å²) in [6.07, 6.45) is 5.23. The Bertz CT molecular complexity index is 364. The van der Waals surface area contributed by atoms with Gasteiger partial charge in [-0.25, -0.2) is 4.79 Å². The molecule has 2 rings (SSSR count). The first kappa shape index (κ1) is 15.1. The zero-order valence-corrected chi connectivity index (χ0v) is 12.1. The van der Waals surface area contributed by atoms with E-state index in [1.165, 1.54) is 0 Å². The van der Waals surface area contributed by atoms with Crippen molar-refractivity contribution in [1.82, 2.24) is 10.2 Å². The van der Waals surface area contributed by atoms with Crippen LogP contribution in [0.15, 0.2) is 0 Å². The van der Waals surface area contributed by atoms with Crippen molar-refractivity contribution in [2.45, 2.75) is 44.6 Å². The molecule has 0 atom stereocenters. The summed E-state index contributed by atoms with van der Waals surface area (Å²) in [5, 5.41) is 11.7. The molecule has 2 aliphatic rings. The van der Waals surface area contributed by atoms with Crippen LogP contribution in [0.25, 0.3) is 0 Å². The van der Waals surface area contributed by atoms with E-state index in [0.717, 1.165) is 38.7 Å². The Morgan fingerprint density at radius 3 is 2.60 bits per heavy atom. The molecule has 20 heavy (non-hydrogen) atoms. The van der Waals surface area contributed by atoms with Crippen molar-refractivity contribution in [3.05, 3.63) is 0 Å². The average Bonchev–Trinajstić information content (AvgIpc) is 3.29. The van der Waals surface area contributed by atoms with E-state index in [1.807, 2.05) is 0 Å². The van der Waals surface area contributed by atoms with Crippen molar-refractivity contribution in [3.8, 4) is 0 Å². The highest BCUT2D eigenvalue weighted by molar-refractivity contribution is 5.76. The lowest BCUT2D eigenvalue weighted by Crippen LogP contribution is -2.44. The SMILES string of the molecule is COCCC1(CNC(=O)N(CCC(=O)O)C2CC2)CC1. The van der Waals surface area contributed by atoms with Crippen LogP contribution in [-0.2, 0) is 9.53 Å². The molecule has 0 aromatic rings. The molecular weight excluding hydrogens is 260 g/mol. The van der Waals surface area contributed by atoms with E-state index in [9.17, 15) is 9.59 Å². The van der Waals surface area contributed by atoms with Gasteiger partial charge in [0.25, 0.3) is 0 Å². The number of nitrogens with zero attached hydrogens (tertiary/aromatic N) is 1. The van der Waals surface area contributed by atoms with Crippen molar-refractivity contribution >= 4 is 12.0 Å². The number of nitrogens with one attached hydrogen (secondary N) is 1. The molecule has 0 heterocycles. The molecule has 0 bridgehead atoms. The quantitative estimate of drug-likeness (QED) is 0.671. The number of urea groups is 1. The fraction of sp³-hybridized carbons (Fsp3) is 0.857. The van der Waals surface area contributed by atoms with Crippen LogP contribution in [0.4, 0.5) is 4.79 Å². The second-order valence-electron chi connectivity index (χ2n) is 5.97. The van der Waals surface area contributed by atoms with E-state index in [1.54, 1.807) is 12.0 Å². The van der Waals surface area contributed by atoms with Gasteiger partial charge in [-0.3, -0.25) is 4.79 Å². The summed E-state index contributed by atoms with van der Waals surface area (Å²) in [7, 11) is 1.69. The molecule has 2 fully saturated rings. The Morgan fingerprint density at radius 2 is 2.10 bits per heavy atom. The molecule has 6 nitrogen and oxygen atoms in total. The van der Waals surface area contributed by atoms with Crippen LogP contribution in [0.1, 0.15) is 38.5 Å². The maximum atomic E-state index is 12.2. The predicted molar refractivity (Wildman–Crippen MR) is 73.5 cm³/mol. The fourth-order valence-corrected chi connectivity index (χ4v) is 2.43. The first-order valence-electron chi connectivity index (χ1n) is 7.31. The summed E-state index contributed by atoms with van der Waals surface area (Å²) in [6.45, 7) is 1.70. The first-order valence-corrected chi connectivity index (χ1v) is 7.31. The lowest BCUT2D eigenvalue weighted by molar-refractivity contribution is -0.137. The molecule has 2 aliphatic carbocycles. The molecular formula is C14H24N2O4. The van der Waals surface area contributed by atoms with Crippen LogP contribution in [0.3, 0.4) is 0 Å². The average molecular weight is 284 g/mol. The van der Waals surface area contributed by atoms with Gasteiger partial charge in [0, 0.05) is 32.8 Å². The van der Waals surface area contributed by atoms with Gasteiger partial charge in [-0.1, -0.05) is 0 Å². The molecule has 6 heteroatoms. The number of rotatable bonds is 9. The minimum absolute atomic E-state index is 0.0126. The van der Waals surface area contributed by atoms with E-state index in [4.69, 9.17) is 9.84 Å². The van der Waals surface area contributed by atoms with Gasteiger partial charge in [0.15, 0.2) is 0 Å². The van der Waals surface area contributed by atoms with Crippen LogP contribution >= 0.6 is 0 Å². The summed E-state index contributed by atoms with van der Waals surface area (Å²) < 4.78 is 5.10. The Labute approximate surface area is 119 Å². The number of methoxy groups -OCH3 is 1. The standard InChI is InChI=1S/C14H24N2O4/c1-20-9-7-14(5-6-14)10-15-13(19)16(11-2-3-11)8-4-12(17)18/h11H,2-10H2,1H3,(H,15,19)(H,17,18). The van der Waals surface area contributed by atoms with E-state index in [-0.39, 0.29) is 23.9 Å². The highest BCUT2D eigenvalue weighted by Gasteiger charge is 2.43. The molecule has 2 saturated carbocycles. The minimum Gasteiger partial charge on any atom is -0.481 e. The summed E-state index contributed by atoms with van der Waals surface area (Å²) in [5.74, 6) is -0.859. The number of carboxylic acid groups (broad SMARTS) is 1. The van der Waals surface area contributed by atoms with Crippen molar-refractivity contribution in [2.75, 3.05) is 26.8 Å². The number of aliphatic carboxylic acids is 1. The van der Waals surface area contributed by atoms with Crippen LogP contribution < -0.4 is 5.32 Å².